The van der Waals surface area contributed by atoms with Crippen molar-refractivity contribution >= 4 is 5.82 Å². The third-order valence-electron chi connectivity index (χ3n) is 3.94. The number of hydrogen-bond acceptors (Lipinski definition) is 2. The molecule has 22 heavy (non-hydrogen) atoms. The summed E-state index contributed by atoms with van der Waals surface area (Å²) in [5.74, 6) is 0.717. The molecule has 0 fully saturated rings. The zero-order valence-corrected chi connectivity index (χ0v) is 13.5. The molecular formula is C19H25FN2. The second kappa shape index (κ2) is 8.52. The Morgan fingerprint density at radius 2 is 1.86 bits per heavy atom. The zero-order valence-electron chi connectivity index (χ0n) is 13.5. The van der Waals surface area contributed by atoms with Crippen LogP contribution in [-0.4, -0.2) is 4.98 Å². The Balaban J connectivity index is 2.10. The summed E-state index contributed by atoms with van der Waals surface area (Å²) in [6, 6.07) is 11.0. The number of hydrogen-bond donors (Lipinski definition) is 1. The Bertz CT molecular complexity index is 566. The fourth-order valence-corrected chi connectivity index (χ4v) is 2.59. The van der Waals surface area contributed by atoms with Gasteiger partial charge in [0, 0.05) is 6.20 Å². The average molecular weight is 300 g/mol. The van der Waals surface area contributed by atoms with Crippen molar-refractivity contribution in [2.45, 2.75) is 52.0 Å². The Morgan fingerprint density at radius 1 is 1.09 bits per heavy atom. The number of halogens is 1. The minimum absolute atomic E-state index is 0.172. The highest BCUT2D eigenvalue weighted by atomic mass is 19.1. The van der Waals surface area contributed by atoms with E-state index >= 15 is 0 Å². The van der Waals surface area contributed by atoms with Crippen molar-refractivity contribution in [2.24, 2.45) is 0 Å². The first-order valence-electron chi connectivity index (χ1n) is 8.14. The minimum Gasteiger partial charge on any atom is -0.363 e. The van der Waals surface area contributed by atoms with Crippen molar-refractivity contribution < 1.29 is 4.39 Å². The molecule has 1 unspecified atom stereocenters. The third kappa shape index (κ3) is 4.83. The number of nitrogens with zero attached hydrogens (tertiary/aromatic N) is 1. The molecule has 118 valence electrons. The van der Waals surface area contributed by atoms with Gasteiger partial charge < -0.3 is 5.32 Å². The fraction of sp³-hybridized carbons (Fsp3) is 0.421. The van der Waals surface area contributed by atoms with Crippen LogP contribution in [0.25, 0.3) is 0 Å². The van der Waals surface area contributed by atoms with Gasteiger partial charge in [-0.05, 0) is 42.7 Å². The lowest BCUT2D eigenvalue weighted by atomic mass is 9.99. The van der Waals surface area contributed by atoms with Crippen molar-refractivity contribution in [1.82, 2.24) is 4.98 Å². The number of rotatable bonds is 8. The van der Waals surface area contributed by atoms with Crippen LogP contribution in [0.5, 0.6) is 0 Å². The number of benzene rings is 1. The molecule has 1 aromatic carbocycles. The van der Waals surface area contributed by atoms with E-state index in [-0.39, 0.29) is 11.9 Å². The summed E-state index contributed by atoms with van der Waals surface area (Å²) < 4.78 is 13.2. The van der Waals surface area contributed by atoms with Crippen molar-refractivity contribution in [3.05, 3.63) is 59.5 Å². The summed E-state index contributed by atoms with van der Waals surface area (Å²) in [6.07, 6.45) is 7.72. The summed E-state index contributed by atoms with van der Waals surface area (Å²) in [5, 5.41) is 3.53. The van der Waals surface area contributed by atoms with Gasteiger partial charge in [0.05, 0.1) is 6.04 Å². The molecule has 1 atom stereocenters. The highest BCUT2D eigenvalue weighted by molar-refractivity contribution is 5.45. The van der Waals surface area contributed by atoms with Gasteiger partial charge in [0.2, 0.25) is 0 Å². The maximum atomic E-state index is 13.2. The molecule has 0 radical (unpaired) electrons. The summed E-state index contributed by atoms with van der Waals surface area (Å²) in [7, 11) is 0. The predicted octanol–water partition coefficient (Wildman–Crippen LogP) is 5.65. The van der Waals surface area contributed by atoms with Gasteiger partial charge in [-0.15, -0.1) is 0 Å². The molecule has 1 aromatic heterocycles. The lowest BCUT2D eigenvalue weighted by Gasteiger charge is -2.21. The van der Waals surface area contributed by atoms with Crippen LogP contribution in [0.3, 0.4) is 0 Å². The number of pyridine rings is 1. The van der Waals surface area contributed by atoms with E-state index in [4.69, 9.17) is 0 Å². The molecule has 1 N–H and O–H groups in total. The normalized spacial score (nSPS) is 12.1. The number of aryl methyl sites for hydroxylation is 1. The Hall–Kier alpha value is -1.90. The van der Waals surface area contributed by atoms with Crippen LogP contribution in [0, 0.1) is 12.7 Å². The maximum Gasteiger partial charge on any atom is 0.129 e. The Morgan fingerprint density at radius 3 is 2.55 bits per heavy atom. The van der Waals surface area contributed by atoms with Crippen LogP contribution in [0.15, 0.2) is 42.6 Å². The molecular weight excluding hydrogens is 275 g/mol. The van der Waals surface area contributed by atoms with E-state index in [1.807, 2.05) is 31.2 Å². The van der Waals surface area contributed by atoms with E-state index in [2.05, 4.69) is 17.2 Å². The standard InChI is InChI=1S/C19H25FN2/c1-3-4-5-6-9-18(16-10-12-17(20)13-11-16)22-19-15(2)8-7-14-21-19/h7-8,10-14,18H,3-6,9H2,1-2H3,(H,21,22). The van der Waals surface area contributed by atoms with E-state index in [0.717, 1.165) is 29.8 Å². The Labute approximate surface area is 132 Å². The summed E-state index contributed by atoms with van der Waals surface area (Å²) in [5.41, 5.74) is 2.24. The number of unbranched alkanes of at least 4 members (excludes halogenated alkanes) is 3. The molecule has 0 spiro atoms. The van der Waals surface area contributed by atoms with Gasteiger partial charge in [0.25, 0.3) is 0 Å². The molecule has 2 rings (SSSR count). The van der Waals surface area contributed by atoms with Crippen LogP contribution in [0.4, 0.5) is 10.2 Å². The Kier molecular flexibility index (Phi) is 6.38. The molecule has 0 saturated heterocycles. The van der Waals surface area contributed by atoms with Gasteiger partial charge in [-0.2, -0.15) is 0 Å². The van der Waals surface area contributed by atoms with Crippen LogP contribution in [0.1, 0.15) is 56.2 Å². The quantitative estimate of drug-likeness (QED) is 0.637. The fourth-order valence-electron chi connectivity index (χ4n) is 2.59. The molecule has 3 heteroatoms. The van der Waals surface area contributed by atoms with E-state index < -0.39 is 0 Å². The SMILES string of the molecule is CCCCCCC(Nc1ncccc1C)c1ccc(F)cc1. The lowest BCUT2D eigenvalue weighted by Crippen LogP contribution is -2.13. The monoisotopic (exact) mass is 300 g/mol. The second-order valence-corrected chi connectivity index (χ2v) is 5.77. The van der Waals surface area contributed by atoms with Gasteiger partial charge in [0.15, 0.2) is 0 Å². The highest BCUT2D eigenvalue weighted by Crippen LogP contribution is 2.25. The largest absolute Gasteiger partial charge is 0.363 e. The van der Waals surface area contributed by atoms with Gasteiger partial charge >= 0.3 is 0 Å². The molecule has 0 aliphatic rings. The first-order chi connectivity index (χ1) is 10.7. The zero-order chi connectivity index (χ0) is 15.8. The van der Waals surface area contributed by atoms with E-state index in [1.54, 1.807) is 6.20 Å². The minimum atomic E-state index is -0.192. The third-order valence-corrected chi connectivity index (χ3v) is 3.94. The molecule has 0 saturated carbocycles. The smallest absolute Gasteiger partial charge is 0.129 e. The van der Waals surface area contributed by atoms with Crippen molar-refractivity contribution in [3.63, 3.8) is 0 Å². The van der Waals surface area contributed by atoms with Crippen LogP contribution >= 0.6 is 0 Å². The molecule has 0 bridgehead atoms. The summed E-state index contributed by atoms with van der Waals surface area (Å²) in [6.45, 7) is 4.26. The molecule has 0 aliphatic heterocycles. The number of aromatic nitrogens is 1. The van der Waals surface area contributed by atoms with Crippen molar-refractivity contribution in [3.8, 4) is 0 Å². The van der Waals surface area contributed by atoms with Gasteiger partial charge in [-0.3, -0.25) is 0 Å². The van der Waals surface area contributed by atoms with Crippen molar-refractivity contribution in [1.29, 1.82) is 0 Å². The molecule has 2 nitrogen and oxygen atoms in total. The lowest BCUT2D eigenvalue weighted by molar-refractivity contribution is 0.582. The predicted molar refractivity (Wildman–Crippen MR) is 90.5 cm³/mol. The summed E-state index contributed by atoms with van der Waals surface area (Å²) in [4.78, 5) is 4.42. The first-order valence-corrected chi connectivity index (χ1v) is 8.14. The van der Waals surface area contributed by atoms with Crippen LogP contribution < -0.4 is 5.32 Å². The summed E-state index contributed by atoms with van der Waals surface area (Å²) >= 11 is 0. The van der Waals surface area contributed by atoms with Crippen molar-refractivity contribution in [2.75, 3.05) is 5.32 Å². The van der Waals surface area contributed by atoms with Gasteiger partial charge in [-0.25, -0.2) is 9.37 Å². The van der Waals surface area contributed by atoms with Gasteiger partial charge in [-0.1, -0.05) is 50.8 Å². The molecule has 0 amide bonds. The topological polar surface area (TPSA) is 24.9 Å². The second-order valence-electron chi connectivity index (χ2n) is 5.77. The van der Waals surface area contributed by atoms with Gasteiger partial charge in [0.1, 0.15) is 11.6 Å². The molecule has 0 aliphatic carbocycles. The van der Waals surface area contributed by atoms with E-state index in [1.165, 1.54) is 31.4 Å². The van der Waals surface area contributed by atoms with Crippen LogP contribution in [-0.2, 0) is 0 Å². The van der Waals surface area contributed by atoms with E-state index in [0.29, 0.717) is 0 Å². The first kappa shape index (κ1) is 16.5. The highest BCUT2D eigenvalue weighted by Gasteiger charge is 2.13. The van der Waals surface area contributed by atoms with Crippen LogP contribution in [0.2, 0.25) is 0 Å². The average Bonchev–Trinajstić information content (AvgIpc) is 2.53. The molecule has 1 heterocycles. The molecule has 2 aromatic rings. The van der Waals surface area contributed by atoms with E-state index in [9.17, 15) is 4.39 Å². The maximum absolute atomic E-state index is 13.2. The number of anilines is 1. The number of nitrogens with one attached hydrogen (secondary N) is 1.